The van der Waals surface area contributed by atoms with Gasteiger partial charge in [-0.2, -0.15) is 0 Å². The number of rotatable bonds is 4. The molecule has 2 aliphatic rings. The van der Waals surface area contributed by atoms with Crippen LogP contribution in [0.25, 0.3) is 0 Å². The highest BCUT2D eigenvalue weighted by Gasteiger charge is 2.49. The predicted molar refractivity (Wildman–Crippen MR) is 94.2 cm³/mol. The van der Waals surface area contributed by atoms with Crippen molar-refractivity contribution in [2.24, 2.45) is 0 Å². The molecule has 1 aromatic rings. The van der Waals surface area contributed by atoms with Gasteiger partial charge in [0.1, 0.15) is 5.54 Å². The van der Waals surface area contributed by atoms with Gasteiger partial charge in [0, 0.05) is 36.1 Å². The highest BCUT2D eigenvalue weighted by Crippen LogP contribution is 2.42. The van der Waals surface area contributed by atoms with Crippen LogP contribution in [0, 0.1) is 0 Å². The van der Waals surface area contributed by atoms with Gasteiger partial charge in [-0.15, -0.1) is 0 Å². The first-order valence-electron chi connectivity index (χ1n) is 8.12. The number of ether oxygens (including phenoxy) is 2. The van der Waals surface area contributed by atoms with E-state index in [1.807, 2.05) is 0 Å². The molecule has 1 atom stereocenters. The third-order valence-electron chi connectivity index (χ3n) is 4.79. The molecular formula is C17H19BrN2O6. The fourth-order valence-corrected chi connectivity index (χ4v) is 3.81. The second-order valence-electron chi connectivity index (χ2n) is 6.39. The van der Waals surface area contributed by atoms with Crippen molar-refractivity contribution in [2.75, 3.05) is 25.6 Å². The Kier molecular flexibility index (Phi) is 5.05. The molecule has 9 heteroatoms. The van der Waals surface area contributed by atoms with Crippen LogP contribution in [0.5, 0.6) is 0 Å². The van der Waals surface area contributed by atoms with Crippen molar-refractivity contribution in [3.05, 3.63) is 28.2 Å². The van der Waals surface area contributed by atoms with Gasteiger partial charge in [0.15, 0.2) is 5.60 Å². The van der Waals surface area contributed by atoms with Crippen molar-refractivity contribution in [1.29, 1.82) is 0 Å². The molecular weight excluding hydrogens is 408 g/mol. The lowest BCUT2D eigenvalue weighted by Crippen LogP contribution is -2.59. The van der Waals surface area contributed by atoms with Crippen LogP contribution in [0.3, 0.4) is 0 Å². The van der Waals surface area contributed by atoms with Gasteiger partial charge in [0.25, 0.3) is 5.91 Å². The van der Waals surface area contributed by atoms with Gasteiger partial charge < -0.3 is 25.2 Å². The van der Waals surface area contributed by atoms with Crippen LogP contribution in [0.1, 0.15) is 24.8 Å². The molecule has 0 aromatic heterocycles. The summed E-state index contributed by atoms with van der Waals surface area (Å²) >= 11 is 3.31. The van der Waals surface area contributed by atoms with E-state index in [1.165, 1.54) is 7.11 Å². The Balaban J connectivity index is 1.82. The zero-order valence-electron chi connectivity index (χ0n) is 14.1. The van der Waals surface area contributed by atoms with Crippen LogP contribution < -0.4 is 10.6 Å². The van der Waals surface area contributed by atoms with Crippen LogP contribution in [-0.2, 0) is 29.5 Å². The monoisotopic (exact) mass is 426 g/mol. The topological polar surface area (TPSA) is 114 Å². The van der Waals surface area contributed by atoms with Crippen LogP contribution in [0.15, 0.2) is 22.7 Å². The van der Waals surface area contributed by atoms with Gasteiger partial charge in [-0.1, -0.05) is 12.1 Å². The summed E-state index contributed by atoms with van der Waals surface area (Å²) in [5, 5.41) is 16.1. The number of halogens is 1. The fourth-order valence-electron chi connectivity index (χ4n) is 3.35. The molecule has 2 heterocycles. The summed E-state index contributed by atoms with van der Waals surface area (Å²) in [5.74, 6) is -1.88. The summed E-state index contributed by atoms with van der Waals surface area (Å²) < 4.78 is 10.7. The number of aliphatic hydroxyl groups is 1. The third-order valence-corrected chi connectivity index (χ3v) is 5.45. The number of hydrogen-bond donors (Lipinski definition) is 3. The Morgan fingerprint density at radius 1 is 1.38 bits per heavy atom. The number of hydrogen-bond acceptors (Lipinski definition) is 6. The van der Waals surface area contributed by atoms with E-state index in [4.69, 9.17) is 9.47 Å². The third kappa shape index (κ3) is 3.10. The number of carbonyl (C=O) groups excluding carboxylic acids is 3. The van der Waals surface area contributed by atoms with E-state index in [1.54, 1.807) is 18.2 Å². The number of fused-ring (bicyclic) bond motifs is 1. The van der Waals surface area contributed by atoms with Crippen molar-refractivity contribution in [1.82, 2.24) is 5.32 Å². The standard InChI is InChI=1S/C17H19BrN2O6/c1-25-15(23)16(5-7-26-8-6-16)20-12(21)9-17(24)10-3-2-4-11(18)13(10)19-14(17)22/h2-4,24H,5-9H2,1H3,(H,19,22)(H,20,21). The van der Waals surface area contributed by atoms with Crippen molar-refractivity contribution < 1.29 is 29.0 Å². The van der Waals surface area contributed by atoms with E-state index in [-0.39, 0.29) is 12.8 Å². The first kappa shape index (κ1) is 18.8. The number of benzene rings is 1. The number of para-hydroxylation sites is 1. The van der Waals surface area contributed by atoms with Crippen molar-refractivity contribution in [2.45, 2.75) is 30.4 Å². The van der Waals surface area contributed by atoms with E-state index >= 15 is 0 Å². The van der Waals surface area contributed by atoms with Crippen molar-refractivity contribution in [3.63, 3.8) is 0 Å². The van der Waals surface area contributed by atoms with Crippen molar-refractivity contribution >= 4 is 39.4 Å². The second-order valence-corrected chi connectivity index (χ2v) is 7.24. The quantitative estimate of drug-likeness (QED) is 0.614. The highest BCUT2D eigenvalue weighted by atomic mass is 79.9. The van der Waals surface area contributed by atoms with E-state index in [0.29, 0.717) is 28.9 Å². The molecule has 0 saturated carbocycles. The average Bonchev–Trinajstić information content (AvgIpc) is 2.87. The van der Waals surface area contributed by atoms with Gasteiger partial charge in [0.2, 0.25) is 5.91 Å². The summed E-state index contributed by atoms with van der Waals surface area (Å²) in [6, 6.07) is 4.97. The van der Waals surface area contributed by atoms with Gasteiger partial charge in [-0.3, -0.25) is 9.59 Å². The SMILES string of the molecule is COC(=O)C1(NC(=O)CC2(O)C(=O)Nc3c(Br)cccc32)CCOCC1. The number of esters is 1. The molecule has 3 N–H and O–H groups in total. The van der Waals surface area contributed by atoms with Gasteiger partial charge in [-0.05, 0) is 22.0 Å². The zero-order chi connectivity index (χ0) is 18.9. The lowest BCUT2D eigenvalue weighted by atomic mass is 9.87. The molecule has 0 radical (unpaired) electrons. The minimum Gasteiger partial charge on any atom is -0.467 e. The number of nitrogens with one attached hydrogen (secondary N) is 2. The summed E-state index contributed by atoms with van der Waals surface area (Å²) in [4.78, 5) is 37.2. The van der Waals surface area contributed by atoms with Crippen LogP contribution >= 0.6 is 15.9 Å². The molecule has 0 spiro atoms. The van der Waals surface area contributed by atoms with Crippen molar-refractivity contribution in [3.8, 4) is 0 Å². The predicted octanol–water partition coefficient (Wildman–Crippen LogP) is 0.817. The van der Waals surface area contributed by atoms with E-state index < -0.39 is 35.3 Å². The molecule has 1 fully saturated rings. The van der Waals surface area contributed by atoms with Gasteiger partial charge >= 0.3 is 5.97 Å². The number of amides is 2. The summed E-state index contributed by atoms with van der Waals surface area (Å²) in [6.45, 7) is 0.603. The number of methoxy groups -OCH3 is 1. The van der Waals surface area contributed by atoms with Crippen LogP contribution in [0.4, 0.5) is 5.69 Å². The molecule has 1 unspecified atom stereocenters. The minimum atomic E-state index is -2.01. The molecule has 1 aromatic carbocycles. The Hall–Kier alpha value is -1.97. The summed E-state index contributed by atoms with van der Waals surface area (Å²) in [7, 11) is 1.25. The van der Waals surface area contributed by atoms with Crippen LogP contribution in [0.2, 0.25) is 0 Å². The average molecular weight is 427 g/mol. The summed E-state index contributed by atoms with van der Waals surface area (Å²) in [6.07, 6.45) is 0.0121. The zero-order valence-corrected chi connectivity index (χ0v) is 15.7. The first-order chi connectivity index (χ1) is 12.3. The van der Waals surface area contributed by atoms with E-state index in [9.17, 15) is 19.5 Å². The molecule has 0 bridgehead atoms. The van der Waals surface area contributed by atoms with Gasteiger partial charge in [0.05, 0.1) is 19.2 Å². The molecule has 2 amide bonds. The Morgan fingerprint density at radius 3 is 2.73 bits per heavy atom. The summed E-state index contributed by atoms with van der Waals surface area (Å²) in [5.41, 5.74) is -2.48. The maximum atomic E-state index is 12.6. The van der Waals surface area contributed by atoms with Gasteiger partial charge in [-0.25, -0.2) is 4.79 Å². The molecule has 8 nitrogen and oxygen atoms in total. The maximum absolute atomic E-state index is 12.6. The molecule has 26 heavy (non-hydrogen) atoms. The largest absolute Gasteiger partial charge is 0.467 e. The normalized spacial score (nSPS) is 23.7. The molecule has 140 valence electrons. The van der Waals surface area contributed by atoms with E-state index in [0.717, 1.165) is 0 Å². The molecule has 2 aliphatic heterocycles. The highest BCUT2D eigenvalue weighted by molar-refractivity contribution is 9.10. The number of carbonyl (C=O) groups is 3. The first-order valence-corrected chi connectivity index (χ1v) is 8.92. The van der Waals surface area contributed by atoms with Crippen LogP contribution in [-0.4, -0.2) is 48.8 Å². The smallest absolute Gasteiger partial charge is 0.331 e. The second kappa shape index (κ2) is 6.98. The lowest BCUT2D eigenvalue weighted by Gasteiger charge is -2.35. The maximum Gasteiger partial charge on any atom is 0.331 e. The number of anilines is 1. The molecule has 3 rings (SSSR count). The Morgan fingerprint density at radius 2 is 2.08 bits per heavy atom. The Labute approximate surface area is 158 Å². The minimum absolute atomic E-state index is 0.262. The lowest BCUT2D eigenvalue weighted by molar-refractivity contribution is -0.156. The molecule has 0 aliphatic carbocycles. The Bertz CT molecular complexity index is 762. The molecule has 1 saturated heterocycles. The van der Waals surface area contributed by atoms with E-state index in [2.05, 4.69) is 26.6 Å². The fraction of sp³-hybridized carbons (Fsp3) is 0.471.